The van der Waals surface area contributed by atoms with Gasteiger partial charge in [-0.25, -0.2) is 13.8 Å². The fourth-order valence-corrected chi connectivity index (χ4v) is 2.01. The minimum Gasteiger partial charge on any atom is -0.206 e. The summed E-state index contributed by atoms with van der Waals surface area (Å²) in [6.45, 7) is 1.56. The summed E-state index contributed by atoms with van der Waals surface area (Å²) in [5.74, 6) is -1.28. The average Bonchev–Trinajstić information content (AvgIpc) is 2.59. The van der Waals surface area contributed by atoms with Crippen LogP contribution in [0.25, 0.3) is 10.6 Å². The van der Waals surface area contributed by atoms with Gasteiger partial charge in [-0.3, -0.25) is 0 Å². The van der Waals surface area contributed by atoms with Crippen LogP contribution < -0.4 is 0 Å². The first-order valence-corrected chi connectivity index (χ1v) is 5.19. The predicted octanol–water partition coefficient (Wildman–Crippen LogP) is 3.45. The summed E-state index contributed by atoms with van der Waals surface area (Å²) >= 11 is 6.36. The van der Waals surface area contributed by atoms with Crippen molar-refractivity contribution in [3.05, 3.63) is 34.6 Å². The lowest BCUT2D eigenvalue weighted by Gasteiger charge is -2.02. The molecule has 1 heterocycles. The lowest BCUT2D eigenvalue weighted by atomic mass is 10.1. The smallest absolute Gasteiger partial charge is 0.206 e. The highest BCUT2D eigenvalue weighted by Gasteiger charge is 2.17. The molecule has 2 rings (SSSR count). The van der Waals surface area contributed by atoms with Gasteiger partial charge in [0.1, 0.15) is 11.6 Å². The lowest BCUT2D eigenvalue weighted by molar-refractivity contribution is 0.583. The van der Waals surface area contributed by atoms with E-state index in [4.69, 9.17) is 11.6 Å². The molecular weight excluding hydrogens is 242 g/mol. The minimum absolute atomic E-state index is 0.00435. The number of nitrogens with zero attached hydrogens (tertiary/aromatic N) is 2. The van der Waals surface area contributed by atoms with E-state index in [0.717, 1.165) is 11.5 Å². The van der Waals surface area contributed by atoms with Crippen molar-refractivity contribution in [1.29, 1.82) is 0 Å². The maximum Gasteiger partial charge on any atom is 0.234 e. The monoisotopic (exact) mass is 246 g/mol. The van der Waals surface area contributed by atoms with E-state index < -0.39 is 11.6 Å². The Kier molecular flexibility index (Phi) is 2.67. The van der Waals surface area contributed by atoms with E-state index in [1.807, 2.05) is 0 Å². The lowest BCUT2D eigenvalue weighted by Crippen LogP contribution is -1.92. The van der Waals surface area contributed by atoms with Gasteiger partial charge in [0, 0.05) is 0 Å². The van der Waals surface area contributed by atoms with Crippen molar-refractivity contribution in [2.24, 2.45) is 0 Å². The first kappa shape index (κ1) is 10.4. The molecule has 6 heteroatoms. The third-order valence-corrected chi connectivity index (χ3v) is 2.90. The summed E-state index contributed by atoms with van der Waals surface area (Å²) in [5, 5.41) is 0.147. The summed E-state index contributed by atoms with van der Waals surface area (Å²) < 4.78 is 30.7. The van der Waals surface area contributed by atoms with Gasteiger partial charge in [-0.1, -0.05) is 6.07 Å². The van der Waals surface area contributed by atoms with Crippen molar-refractivity contribution in [2.45, 2.75) is 6.92 Å². The summed E-state index contributed by atoms with van der Waals surface area (Å²) in [7, 11) is 0. The van der Waals surface area contributed by atoms with Crippen LogP contribution in [0.15, 0.2) is 12.1 Å². The SMILES string of the molecule is Cc1ccc(F)c(-c2nc(Cl)ns2)c1F. The molecule has 0 amide bonds. The standard InChI is InChI=1S/C9H5ClF2N2S/c1-4-2-3-5(11)6(7(4)12)8-13-9(10)14-15-8/h2-3H,1H3. The Morgan fingerprint density at radius 2 is 2.07 bits per heavy atom. The number of rotatable bonds is 1. The van der Waals surface area contributed by atoms with Gasteiger partial charge in [0.05, 0.1) is 5.56 Å². The molecule has 0 aliphatic carbocycles. The van der Waals surface area contributed by atoms with Crippen molar-refractivity contribution in [3.63, 3.8) is 0 Å². The van der Waals surface area contributed by atoms with Crippen LogP contribution in [0.2, 0.25) is 5.28 Å². The second-order valence-electron chi connectivity index (χ2n) is 2.92. The molecule has 1 aromatic heterocycles. The quantitative estimate of drug-likeness (QED) is 0.770. The summed E-state index contributed by atoms with van der Waals surface area (Å²) in [5.41, 5.74) is 0.192. The minimum atomic E-state index is -0.661. The maximum atomic E-state index is 13.6. The second-order valence-corrected chi connectivity index (χ2v) is 4.01. The first-order chi connectivity index (χ1) is 7.09. The van der Waals surface area contributed by atoms with E-state index in [1.165, 1.54) is 12.1 Å². The highest BCUT2D eigenvalue weighted by molar-refractivity contribution is 7.09. The third-order valence-electron chi connectivity index (χ3n) is 1.90. The maximum absolute atomic E-state index is 13.6. The van der Waals surface area contributed by atoms with Crippen LogP contribution in [0.5, 0.6) is 0 Å². The molecule has 0 aliphatic heterocycles. The number of aryl methyl sites for hydroxylation is 1. The second kappa shape index (κ2) is 3.83. The van der Waals surface area contributed by atoms with Gasteiger partial charge in [0.15, 0.2) is 5.01 Å². The summed E-state index contributed by atoms with van der Waals surface area (Å²) in [6.07, 6.45) is 0. The van der Waals surface area contributed by atoms with E-state index in [0.29, 0.717) is 5.56 Å². The summed E-state index contributed by atoms with van der Waals surface area (Å²) in [4.78, 5) is 3.74. The van der Waals surface area contributed by atoms with Crippen LogP contribution in [0.1, 0.15) is 5.56 Å². The molecule has 0 bridgehead atoms. The Balaban J connectivity index is 2.66. The van der Waals surface area contributed by atoms with Crippen molar-refractivity contribution < 1.29 is 8.78 Å². The van der Waals surface area contributed by atoms with Gasteiger partial charge in [-0.2, -0.15) is 4.37 Å². The molecule has 2 nitrogen and oxygen atoms in total. The van der Waals surface area contributed by atoms with Crippen LogP contribution >= 0.6 is 23.1 Å². The number of hydrogen-bond donors (Lipinski definition) is 0. The van der Waals surface area contributed by atoms with Gasteiger partial charge < -0.3 is 0 Å². The molecule has 0 aliphatic rings. The zero-order valence-corrected chi connectivity index (χ0v) is 9.16. The largest absolute Gasteiger partial charge is 0.234 e. The zero-order chi connectivity index (χ0) is 11.0. The molecule has 78 valence electrons. The van der Waals surface area contributed by atoms with E-state index in [9.17, 15) is 8.78 Å². The molecule has 2 aromatic rings. The molecule has 1 aromatic carbocycles. The van der Waals surface area contributed by atoms with Crippen LogP contribution in [-0.2, 0) is 0 Å². The molecule has 0 saturated heterocycles. The topological polar surface area (TPSA) is 25.8 Å². The van der Waals surface area contributed by atoms with Gasteiger partial charge in [0.2, 0.25) is 5.28 Å². The molecule has 0 atom stereocenters. The fraction of sp³-hybridized carbons (Fsp3) is 0.111. The van der Waals surface area contributed by atoms with Crippen LogP contribution in [0.4, 0.5) is 8.78 Å². The zero-order valence-electron chi connectivity index (χ0n) is 7.59. The highest BCUT2D eigenvalue weighted by atomic mass is 35.5. The Hall–Kier alpha value is -1.07. The van der Waals surface area contributed by atoms with Crippen molar-refractivity contribution in [3.8, 4) is 10.6 Å². The van der Waals surface area contributed by atoms with Crippen molar-refractivity contribution in [2.75, 3.05) is 0 Å². The third kappa shape index (κ3) is 1.85. The van der Waals surface area contributed by atoms with Gasteiger partial charge in [-0.05, 0) is 41.7 Å². The first-order valence-electron chi connectivity index (χ1n) is 4.04. The van der Waals surface area contributed by atoms with E-state index in [-0.39, 0.29) is 15.9 Å². The number of halogens is 3. The Morgan fingerprint density at radius 3 is 2.67 bits per heavy atom. The Labute approximate surface area is 93.7 Å². The normalized spacial score (nSPS) is 10.7. The van der Waals surface area contributed by atoms with Crippen LogP contribution in [0.3, 0.4) is 0 Å². The van der Waals surface area contributed by atoms with Crippen molar-refractivity contribution >= 4 is 23.1 Å². The molecule has 0 saturated carbocycles. The number of benzene rings is 1. The number of hydrogen-bond acceptors (Lipinski definition) is 3. The Bertz CT molecular complexity index is 513. The van der Waals surface area contributed by atoms with Crippen LogP contribution in [-0.4, -0.2) is 9.36 Å². The van der Waals surface area contributed by atoms with Gasteiger partial charge in [-0.15, -0.1) is 0 Å². The predicted molar refractivity (Wildman–Crippen MR) is 55.0 cm³/mol. The van der Waals surface area contributed by atoms with Crippen molar-refractivity contribution in [1.82, 2.24) is 9.36 Å². The average molecular weight is 247 g/mol. The number of aromatic nitrogens is 2. The molecule has 0 unspecified atom stereocenters. The Morgan fingerprint density at radius 1 is 1.33 bits per heavy atom. The fourth-order valence-electron chi connectivity index (χ4n) is 1.16. The molecule has 0 fully saturated rings. The summed E-state index contributed by atoms with van der Waals surface area (Å²) in [6, 6.07) is 2.57. The molecular formula is C9H5ClF2N2S. The van der Waals surface area contributed by atoms with Crippen LogP contribution in [0, 0.1) is 18.6 Å². The molecule has 0 spiro atoms. The van der Waals surface area contributed by atoms with Gasteiger partial charge in [0.25, 0.3) is 0 Å². The highest BCUT2D eigenvalue weighted by Crippen LogP contribution is 2.29. The van der Waals surface area contributed by atoms with Gasteiger partial charge >= 0.3 is 0 Å². The molecule has 15 heavy (non-hydrogen) atoms. The van der Waals surface area contributed by atoms with E-state index in [1.54, 1.807) is 6.92 Å². The molecule has 0 N–H and O–H groups in total. The molecule has 0 radical (unpaired) electrons. The van der Waals surface area contributed by atoms with E-state index in [2.05, 4.69) is 9.36 Å². The van der Waals surface area contributed by atoms with E-state index >= 15 is 0 Å².